The zero-order chi connectivity index (χ0) is 22.4. The van der Waals surface area contributed by atoms with Gasteiger partial charge in [0, 0.05) is 10.2 Å². The third-order valence-corrected chi connectivity index (χ3v) is 6.80. The first-order valence-electron chi connectivity index (χ1n) is 10.3. The van der Waals surface area contributed by atoms with E-state index in [2.05, 4.69) is 21.2 Å². The number of hydrogen-bond acceptors (Lipinski definition) is 5. The third-order valence-electron chi connectivity index (χ3n) is 6.27. The molecule has 1 saturated heterocycles. The van der Waals surface area contributed by atoms with Gasteiger partial charge in [0.15, 0.2) is 6.61 Å². The first kappa shape index (κ1) is 20.6. The fourth-order valence-electron chi connectivity index (χ4n) is 4.87. The van der Waals surface area contributed by atoms with Crippen LogP contribution in [-0.4, -0.2) is 30.3 Å². The molecule has 7 nitrogen and oxygen atoms in total. The van der Waals surface area contributed by atoms with E-state index in [-0.39, 0.29) is 41.0 Å². The minimum atomic E-state index is -0.709. The van der Waals surface area contributed by atoms with Crippen LogP contribution in [0.1, 0.15) is 16.8 Å². The van der Waals surface area contributed by atoms with Gasteiger partial charge in [0.25, 0.3) is 5.91 Å². The van der Waals surface area contributed by atoms with Gasteiger partial charge in [-0.3, -0.25) is 14.4 Å². The van der Waals surface area contributed by atoms with Crippen LogP contribution < -0.4 is 10.2 Å². The van der Waals surface area contributed by atoms with E-state index < -0.39 is 18.5 Å². The van der Waals surface area contributed by atoms with Gasteiger partial charge < -0.3 is 10.1 Å². The van der Waals surface area contributed by atoms with Gasteiger partial charge >= 0.3 is 5.97 Å². The quantitative estimate of drug-likeness (QED) is 0.389. The Morgan fingerprint density at radius 1 is 1.00 bits per heavy atom. The molecule has 1 N–H and O–H groups in total. The number of rotatable bonds is 5. The first-order chi connectivity index (χ1) is 15.4. The molecule has 1 heterocycles. The Morgan fingerprint density at radius 2 is 1.66 bits per heavy atom. The van der Waals surface area contributed by atoms with E-state index in [9.17, 15) is 19.2 Å². The summed E-state index contributed by atoms with van der Waals surface area (Å²) in [7, 11) is 0. The zero-order valence-corrected chi connectivity index (χ0v) is 18.4. The average Bonchev–Trinajstić information content (AvgIpc) is 3.47. The highest BCUT2D eigenvalue weighted by Crippen LogP contribution is 2.53. The number of halogens is 1. The maximum absolute atomic E-state index is 13.0. The Bertz CT molecular complexity index is 1130. The minimum Gasteiger partial charge on any atom is -0.452 e. The summed E-state index contributed by atoms with van der Waals surface area (Å²) in [5.41, 5.74) is 1.09. The van der Waals surface area contributed by atoms with Crippen molar-refractivity contribution in [3.05, 3.63) is 70.7 Å². The van der Waals surface area contributed by atoms with E-state index in [1.165, 1.54) is 17.0 Å². The molecule has 5 rings (SSSR count). The number of hydrogen-bond donors (Lipinski definition) is 1. The van der Waals surface area contributed by atoms with Gasteiger partial charge in [-0.1, -0.05) is 34.1 Å². The molecule has 0 spiro atoms. The Balaban J connectivity index is 1.25. The molecule has 0 radical (unpaired) electrons. The Morgan fingerprint density at radius 3 is 2.31 bits per heavy atom. The normalized spacial score (nSPS) is 25.2. The smallest absolute Gasteiger partial charge is 0.338 e. The van der Waals surface area contributed by atoms with Crippen molar-refractivity contribution in [2.75, 3.05) is 16.8 Å². The fourth-order valence-corrected chi connectivity index (χ4v) is 5.14. The van der Waals surface area contributed by atoms with Gasteiger partial charge in [0.05, 0.1) is 23.1 Å². The highest BCUT2D eigenvalue weighted by atomic mass is 79.9. The topological polar surface area (TPSA) is 92.8 Å². The molecule has 2 aromatic carbocycles. The van der Waals surface area contributed by atoms with E-state index in [1.807, 2.05) is 12.2 Å². The van der Waals surface area contributed by atoms with Crippen molar-refractivity contribution >= 4 is 51.0 Å². The van der Waals surface area contributed by atoms with Crippen molar-refractivity contribution in [1.82, 2.24) is 0 Å². The number of amides is 3. The molecule has 1 saturated carbocycles. The molecular formula is C24H19BrN2O5. The predicted molar refractivity (Wildman–Crippen MR) is 120 cm³/mol. The molecule has 2 aliphatic carbocycles. The second kappa shape index (κ2) is 8.02. The summed E-state index contributed by atoms with van der Waals surface area (Å²) in [6.07, 6.45) is 4.93. The SMILES string of the molecule is O=C(COC(=O)c1cccc(N2C(=O)[C@@H]3[C@H](C2=O)[C@H]2C=C[C@H]3C2)c1)Nc1ccc(Br)cc1. The molecule has 2 bridgehead atoms. The second-order valence-electron chi connectivity index (χ2n) is 8.19. The number of benzene rings is 2. The lowest BCUT2D eigenvalue weighted by Gasteiger charge is -2.18. The Labute approximate surface area is 192 Å². The number of carbonyl (C=O) groups is 4. The standard InChI is InChI=1S/C24H19BrN2O5/c25-16-6-8-17(9-7-16)26-19(28)12-32-24(31)15-2-1-3-18(11-15)27-22(29)20-13-4-5-14(10-13)21(20)23(27)30/h1-9,11,13-14,20-21H,10,12H2,(H,26,28)/t13-,14-,20-,21+/m0/s1. The molecule has 0 aromatic heterocycles. The Hall–Kier alpha value is -3.26. The van der Waals surface area contributed by atoms with Gasteiger partial charge in [-0.25, -0.2) is 9.69 Å². The molecule has 0 unspecified atom stereocenters. The molecule has 2 aromatic rings. The van der Waals surface area contributed by atoms with E-state index in [4.69, 9.17) is 4.74 Å². The predicted octanol–water partition coefficient (Wildman–Crippen LogP) is 3.56. The number of fused-ring (bicyclic) bond motifs is 5. The van der Waals surface area contributed by atoms with Crippen molar-refractivity contribution in [2.45, 2.75) is 6.42 Å². The van der Waals surface area contributed by atoms with Gasteiger partial charge in [-0.15, -0.1) is 0 Å². The average molecular weight is 495 g/mol. The van der Waals surface area contributed by atoms with E-state index in [0.717, 1.165) is 10.9 Å². The van der Waals surface area contributed by atoms with Crippen LogP contribution in [0, 0.1) is 23.7 Å². The number of ether oxygens (including phenoxy) is 1. The molecule has 2 fully saturated rings. The lowest BCUT2D eigenvalue weighted by Crippen LogP contribution is -2.33. The van der Waals surface area contributed by atoms with Crippen molar-refractivity contribution < 1.29 is 23.9 Å². The van der Waals surface area contributed by atoms with Crippen LogP contribution in [0.2, 0.25) is 0 Å². The van der Waals surface area contributed by atoms with Crippen molar-refractivity contribution in [3.63, 3.8) is 0 Å². The fraction of sp³-hybridized carbons (Fsp3) is 0.250. The summed E-state index contributed by atoms with van der Waals surface area (Å²) < 4.78 is 6.00. The number of nitrogens with zero attached hydrogens (tertiary/aromatic N) is 1. The van der Waals surface area contributed by atoms with E-state index >= 15 is 0 Å². The molecule has 3 aliphatic rings. The molecule has 8 heteroatoms. The number of imide groups is 1. The van der Waals surface area contributed by atoms with Crippen molar-refractivity contribution in [2.24, 2.45) is 23.7 Å². The van der Waals surface area contributed by atoms with Crippen molar-refractivity contribution in [1.29, 1.82) is 0 Å². The molecule has 4 atom stereocenters. The summed E-state index contributed by atoms with van der Waals surface area (Å²) in [6, 6.07) is 13.2. The summed E-state index contributed by atoms with van der Waals surface area (Å²) >= 11 is 3.32. The number of allylic oxidation sites excluding steroid dienone is 2. The van der Waals surface area contributed by atoms with Gasteiger partial charge in [-0.05, 0) is 60.7 Å². The maximum atomic E-state index is 13.0. The second-order valence-corrected chi connectivity index (χ2v) is 9.11. The van der Waals surface area contributed by atoms with Crippen LogP contribution in [0.15, 0.2) is 65.2 Å². The third kappa shape index (κ3) is 3.54. The zero-order valence-electron chi connectivity index (χ0n) is 16.9. The molecule has 162 valence electrons. The summed E-state index contributed by atoms with van der Waals surface area (Å²) in [5, 5.41) is 2.64. The highest BCUT2D eigenvalue weighted by Gasteiger charge is 2.59. The van der Waals surface area contributed by atoms with Crippen LogP contribution in [0.5, 0.6) is 0 Å². The monoisotopic (exact) mass is 494 g/mol. The van der Waals surface area contributed by atoms with Gasteiger partial charge in [-0.2, -0.15) is 0 Å². The molecule has 32 heavy (non-hydrogen) atoms. The highest BCUT2D eigenvalue weighted by molar-refractivity contribution is 9.10. The molecule has 3 amide bonds. The number of carbonyl (C=O) groups excluding carboxylic acids is 4. The van der Waals surface area contributed by atoms with Crippen LogP contribution in [0.25, 0.3) is 0 Å². The van der Waals surface area contributed by atoms with Crippen molar-refractivity contribution in [3.8, 4) is 0 Å². The van der Waals surface area contributed by atoms with E-state index in [1.54, 1.807) is 36.4 Å². The summed E-state index contributed by atoms with van der Waals surface area (Å²) in [6.45, 7) is -0.458. The van der Waals surface area contributed by atoms with Crippen LogP contribution in [0.4, 0.5) is 11.4 Å². The van der Waals surface area contributed by atoms with Crippen LogP contribution >= 0.6 is 15.9 Å². The summed E-state index contributed by atoms with van der Waals surface area (Å²) in [4.78, 5) is 51.7. The van der Waals surface area contributed by atoms with Gasteiger partial charge in [0.1, 0.15) is 0 Å². The van der Waals surface area contributed by atoms with E-state index in [0.29, 0.717) is 11.4 Å². The van der Waals surface area contributed by atoms with Gasteiger partial charge in [0.2, 0.25) is 11.8 Å². The molecular weight excluding hydrogens is 476 g/mol. The first-order valence-corrected chi connectivity index (χ1v) is 11.1. The van der Waals surface area contributed by atoms with Crippen LogP contribution in [0.3, 0.4) is 0 Å². The number of anilines is 2. The number of nitrogens with one attached hydrogen (secondary N) is 1. The number of esters is 1. The maximum Gasteiger partial charge on any atom is 0.338 e. The largest absolute Gasteiger partial charge is 0.452 e. The lowest BCUT2D eigenvalue weighted by molar-refractivity contribution is -0.123. The van der Waals surface area contributed by atoms with Crippen LogP contribution in [-0.2, 0) is 19.1 Å². The molecule has 1 aliphatic heterocycles. The Kier molecular flexibility index (Phi) is 5.17. The minimum absolute atomic E-state index is 0.115. The lowest BCUT2D eigenvalue weighted by atomic mass is 9.85. The summed E-state index contributed by atoms with van der Waals surface area (Å²) in [5.74, 6) is -2.00.